The molecule has 4 aliphatic rings. The zero-order chi connectivity index (χ0) is 18.7. The van der Waals surface area contributed by atoms with Gasteiger partial charge in [0.25, 0.3) is 0 Å². The molecule has 26 heavy (non-hydrogen) atoms. The molecule has 0 aromatic rings. The lowest BCUT2D eigenvalue weighted by Gasteiger charge is -2.55. The summed E-state index contributed by atoms with van der Waals surface area (Å²) in [5.74, 6) is 0. The van der Waals surface area contributed by atoms with E-state index in [0.717, 1.165) is 11.1 Å². The number of fused-ring (bicyclic) bond motifs is 4. The summed E-state index contributed by atoms with van der Waals surface area (Å²) in [4.78, 5) is 0. The van der Waals surface area contributed by atoms with Crippen LogP contribution in [0.3, 0.4) is 0 Å². The summed E-state index contributed by atoms with van der Waals surface area (Å²) < 4.78 is 0. The minimum atomic E-state index is -1.80. The zero-order valence-electron chi connectivity index (χ0n) is 14.5. The second kappa shape index (κ2) is 5.86. The van der Waals surface area contributed by atoms with Gasteiger partial charge in [0.1, 0.15) is 30.0 Å². The number of hydrogen-bond donors (Lipinski definition) is 6. The van der Waals surface area contributed by atoms with Gasteiger partial charge in [-0.05, 0) is 25.7 Å². The smallest absolute Gasteiger partial charge is 0.113 e. The molecular formula is C20H26O6. The molecule has 0 aliphatic heterocycles. The van der Waals surface area contributed by atoms with E-state index in [4.69, 9.17) is 5.11 Å². The van der Waals surface area contributed by atoms with Gasteiger partial charge in [0.2, 0.25) is 0 Å². The van der Waals surface area contributed by atoms with E-state index in [0.29, 0.717) is 25.7 Å². The van der Waals surface area contributed by atoms with Crippen LogP contribution >= 0.6 is 0 Å². The van der Waals surface area contributed by atoms with Crippen LogP contribution in [0.4, 0.5) is 0 Å². The minimum absolute atomic E-state index is 0.544. The molecule has 0 aromatic carbocycles. The van der Waals surface area contributed by atoms with Gasteiger partial charge in [0, 0.05) is 10.8 Å². The topological polar surface area (TPSA) is 121 Å². The average molecular weight is 362 g/mol. The van der Waals surface area contributed by atoms with Crippen molar-refractivity contribution in [2.24, 2.45) is 10.8 Å². The molecule has 0 aromatic heterocycles. The molecule has 4 bridgehead atoms. The van der Waals surface area contributed by atoms with Gasteiger partial charge in [0.05, 0.1) is 6.61 Å². The molecule has 6 heteroatoms. The number of hydrogen-bond acceptors (Lipinski definition) is 6. The summed E-state index contributed by atoms with van der Waals surface area (Å²) in [6.45, 7) is -0.753. The predicted molar refractivity (Wildman–Crippen MR) is 93.8 cm³/mol. The van der Waals surface area contributed by atoms with E-state index in [1.54, 1.807) is 0 Å². The molecule has 6 atom stereocenters. The minimum Gasteiger partial charge on any atom is -0.394 e. The standard InChI is InChI=1S/C20H26O6/c21-11-14(22)15(23)16(24)17(25)20(26,18-5-1-12(9-18)2-6-18)19-7-3-13(10-19)4-8-19/h1-5,7,14-17,21-26H,6,8-11H2/t14-,15-,16+,17-,18?,19?,20?/m1/s1. The first kappa shape index (κ1) is 18.1. The Morgan fingerprint density at radius 2 is 1.38 bits per heavy atom. The highest BCUT2D eigenvalue weighted by Gasteiger charge is 2.68. The van der Waals surface area contributed by atoms with Crippen LogP contribution in [0.5, 0.6) is 0 Å². The lowest BCUT2D eigenvalue weighted by atomic mass is 9.53. The number of rotatable bonds is 7. The van der Waals surface area contributed by atoms with Crippen LogP contribution in [0.1, 0.15) is 25.7 Å². The number of aliphatic hydroxyl groups is 6. The average Bonchev–Trinajstić information content (AvgIpc) is 3.45. The second-order valence-electron chi connectivity index (χ2n) is 8.24. The van der Waals surface area contributed by atoms with Crippen molar-refractivity contribution >= 4 is 0 Å². The third kappa shape index (κ3) is 2.14. The maximum Gasteiger partial charge on any atom is 0.113 e. The third-order valence-electron chi connectivity index (χ3n) is 6.93. The summed E-state index contributed by atoms with van der Waals surface area (Å²) in [5, 5.41) is 62.7. The van der Waals surface area contributed by atoms with Crippen LogP contribution in [0.2, 0.25) is 0 Å². The molecular weight excluding hydrogens is 336 g/mol. The Labute approximate surface area is 152 Å². The maximum absolute atomic E-state index is 12.1. The van der Waals surface area contributed by atoms with Crippen LogP contribution in [0, 0.1) is 10.8 Å². The Morgan fingerprint density at radius 3 is 1.69 bits per heavy atom. The molecule has 0 heterocycles. The normalized spacial score (nSPS) is 38.1. The van der Waals surface area contributed by atoms with Crippen molar-refractivity contribution in [3.8, 4) is 0 Å². The number of allylic oxidation sites excluding steroid dienone is 6. The van der Waals surface area contributed by atoms with Crippen LogP contribution < -0.4 is 0 Å². The molecule has 2 unspecified atom stereocenters. The molecule has 6 nitrogen and oxygen atoms in total. The summed E-state index contributed by atoms with van der Waals surface area (Å²) >= 11 is 0. The summed E-state index contributed by atoms with van der Waals surface area (Å²) in [6.07, 6.45) is 7.09. The monoisotopic (exact) mass is 362 g/mol. The molecule has 4 aliphatic carbocycles. The van der Waals surface area contributed by atoms with Crippen molar-refractivity contribution in [3.63, 3.8) is 0 Å². The maximum atomic E-state index is 12.1. The Morgan fingerprint density at radius 1 is 0.885 bits per heavy atom. The van der Waals surface area contributed by atoms with E-state index in [-0.39, 0.29) is 0 Å². The van der Waals surface area contributed by atoms with Gasteiger partial charge in [-0.1, -0.05) is 47.6 Å². The van der Waals surface area contributed by atoms with Crippen LogP contribution in [0.15, 0.2) is 47.6 Å². The Kier molecular flexibility index (Phi) is 4.08. The second-order valence-corrected chi connectivity index (χ2v) is 8.24. The summed E-state index contributed by atoms with van der Waals surface area (Å²) in [5.41, 5.74) is -1.11. The van der Waals surface area contributed by atoms with E-state index in [9.17, 15) is 25.5 Å². The van der Waals surface area contributed by atoms with E-state index < -0.39 is 47.5 Å². The third-order valence-corrected chi connectivity index (χ3v) is 6.93. The highest BCUT2D eigenvalue weighted by molar-refractivity contribution is 5.47. The lowest BCUT2D eigenvalue weighted by molar-refractivity contribution is -0.239. The first-order valence-corrected chi connectivity index (χ1v) is 9.11. The van der Waals surface area contributed by atoms with Gasteiger partial charge >= 0.3 is 0 Å². The summed E-state index contributed by atoms with van der Waals surface area (Å²) in [7, 11) is 0. The largest absolute Gasteiger partial charge is 0.394 e. The molecule has 4 rings (SSSR count). The molecule has 0 fully saturated rings. The van der Waals surface area contributed by atoms with Crippen LogP contribution in [0.25, 0.3) is 0 Å². The van der Waals surface area contributed by atoms with Gasteiger partial charge in [-0.3, -0.25) is 0 Å². The molecule has 0 saturated carbocycles. The van der Waals surface area contributed by atoms with Gasteiger partial charge in [-0.15, -0.1) is 0 Å². The fourth-order valence-corrected chi connectivity index (χ4v) is 5.37. The Hall–Kier alpha value is -1.28. The van der Waals surface area contributed by atoms with Crippen LogP contribution in [-0.4, -0.2) is 67.3 Å². The van der Waals surface area contributed by atoms with Crippen molar-refractivity contribution in [3.05, 3.63) is 47.6 Å². The molecule has 0 spiro atoms. The van der Waals surface area contributed by atoms with Crippen molar-refractivity contribution < 1.29 is 30.6 Å². The van der Waals surface area contributed by atoms with Crippen molar-refractivity contribution in [2.75, 3.05) is 6.61 Å². The molecule has 142 valence electrons. The van der Waals surface area contributed by atoms with Gasteiger partial charge in [-0.25, -0.2) is 0 Å². The molecule has 0 saturated heterocycles. The van der Waals surface area contributed by atoms with Crippen molar-refractivity contribution in [1.82, 2.24) is 0 Å². The summed E-state index contributed by atoms with van der Waals surface area (Å²) in [6, 6.07) is 0. The van der Waals surface area contributed by atoms with E-state index in [2.05, 4.69) is 0 Å². The van der Waals surface area contributed by atoms with Crippen molar-refractivity contribution in [1.29, 1.82) is 0 Å². The highest BCUT2D eigenvalue weighted by Crippen LogP contribution is 2.65. The molecule has 6 N–H and O–H groups in total. The van der Waals surface area contributed by atoms with E-state index in [1.807, 2.05) is 36.5 Å². The van der Waals surface area contributed by atoms with E-state index in [1.165, 1.54) is 0 Å². The van der Waals surface area contributed by atoms with Gasteiger partial charge in [-0.2, -0.15) is 0 Å². The SMILES string of the molecule is OC[C@@H](O)[C@@H](O)[C@H](O)[C@@H](O)C(O)(C12C=CC(=CC1)C2)C12C=CC(=CC1)C2. The van der Waals surface area contributed by atoms with Gasteiger partial charge in [0.15, 0.2) is 0 Å². The lowest BCUT2D eigenvalue weighted by Crippen LogP contribution is -2.68. The fraction of sp³-hybridized carbons (Fsp3) is 0.600. The highest BCUT2D eigenvalue weighted by atomic mass is 16.4. The Bertz CT molecular complexity index is 678. The Balaban J connectivity index is 1.75. The van der Waals surface area contributed by atoms with E-state index >= 15 is 0 Å². The van der Waals surface area contributed by atoms with Crippen molar-refractivity contribution in [2.45, 2.75) is 55.7 Å². The van der Waals surface area contributed by atoms with Crippen LogP contribution in [-0.2, 0) is 0 Å². The predicted octanol–water partition coefficient (Wildman–Crippen LogP) is -0.294. The molecule has 0 radical (unpaired) electrons. The molecule has 0 amide bonds. The first-order chi connectivity index (χ1) is 12.3. The van der Waals surface area contributed by atoms with Gasteiger partial charge < -0.3 is 30.6 Å². The quantitative estimate of drug-likeness (QED) is 0.370. The fourth-order valence-electron chi connectivity index (χ4n) is 5.37. The first-order valence-electron chi connectivity index (χ1n) is 9.11. The zero-order valence-corrected chi connectivity index (χ0v) is 14.5. The number of aliphatic hydroxyl groups excluding tert-OH is 5.